The van der Waals surface area contributed by atoms with Gasteiger partial charge in [0, 0.05) is 5.56 Å². The van der Waals surface area contributed by atoms with Crippen LogP contribution in [0.5, 0.6) is 0 Å². The maximum atomic E-state index is 14.9. The van der Waals surface area contributed by atoms with Gasteiger partial charge in [0.05, 0.1) is 0 Å². The first-order valence-electron chi connectivity index (χ1n) is 11.9. The standard InChI is InChI=1S/C30H31F3/c1-3-4-5-6-24-15-18-27(30(33)29(24)32)23-13-11-21(12-14-23)25-16-17-26(28(31)19-25)22-9-7-20(2)8-10-22/h4-5,9,11-20,29-30H,3,6-8,10H2,1-2H3/b5-4-. The lowest BCUT2D eigenvalue weighted by molar-refractivity contribution is 0.240. The number of rotatable bonds is 6. The first kappa shape index (κ1) is 23.4. The second kappa shape index (κ2) is 10.4. The fraction of sp³-hybridized carbons (Fsp3) is 0.333. The van der Waals surface area contributed by atoms with Crippen molar-refractivity contribution in [2.45, 2.75) is 58.3 Å². The van der Waals surface area contributed by atoms with E-state index in [0.717, 1.165) is 42.4 Å². The van der Waals surface area contributed by atoms with Crippen molar-refractivity contribution in [2.24, 2.45) is 5.92 Å². The van der Waals surface area contributed by atoms with Gasteiger partial charge in [-0.1, -0.05) is 80.6 Å². The van der Waals surface area contributed by atoms with Crippen LogP contribution < -0.4 is 0 Å². The van der Waals surface area contributed by atoms with E-state index >= 15 is 0 Å². The van der Waals surface area contributed by atoms with E-state index in [0.29, 0.717) is 34.6 Å². The van der Waals surface area contributed by atoms with E-state index in [4.69, 9.17) is 0 Å². The van der Waals surface area contributed by atoms with Crippen molar-refractivity contribution in [1.29, 1.82) is 0 Å². The third kappa shape index (κ3) is 5.24. The zero-order chi connectivity index (χ0) is 23.4. The van der Waals surface area contributed by atoms with Gasteiger partial charge < -0.3 is 0 Å². The minimum Gasteiger partial charge on any atom is -0.239 e. The normalized spacial score (nSPS) is 23.3. The van der Waals surface area contributed by atoms with Gasteiger partial charge in [0.15, 0.2) is 12.3 Å². The van der Waals surface area contributed by atoms with Crippen molar-refractivity contribution in [3.8, 4) is 11.1 Å². The van der Waals surface area contributed by atoms with Crippen molar-refractivity contribution < 1.29 is 13.2 Å². The number of alkyl halides is 2. The maximum Gasteiger partial charge on any atom is 0.161 e. The van der Waals surface area contributed by atoms with E-state index in [1.807, 2.05) is 43.3 Å². The molecule has 0 radical (unpaired) electrons. The Morgan fingerprint density at radius 3 is 2.30 bits per heavy atom. The quantitative estimate of drug-likeness (QED) is 0.387. The monoisotopic (exact) mass is 448 g/mol. The summed E-state index contributed by atoms with van der Waals surface area (Å²) in [4.78, 5) is 0. The zero-order valence-corrected chi connectivity index (χ0v) is 19.3. The molecule has 0 aliphatic heterocycles. The highest BCUT2D eigenvalue weighted by atomic mass is 19.2. The number of hydrogen-bond donors (Lipinski definition) is 0. The summed E-state index contributed by atoms with van der Waals surface area (Å²) < 4.78 is 44.4. The van der Waals surface area contributed by atoms with E-state index < -0.39 is 12.3 Å². The molecule has 2 aromatic carbocycles. The van der Waals surface area contributed by atoms with Crippen molar-refractivity contribution in [3.63, 3.8) is 0 Å². The summed E-state index contributed by atoms with van der Waals surface area (Å²) in [5.41, 5.74) is 4.84. The minimum absolute atomic E-state index is 0.216. The van der Waals surface area contributed by atoms with Gasteiger partial charge in [-0.2, -0.15) is 0 Å². The first-order chi connectivity index (χ1) is 16.0. The summed E-state index contributed by atoms with van der Waals surface area (Å²) in [7, 11) is 0. The van der Waals surface area contributed by atoms with Gasteiger partial charge in [0.2, 0.25) is 0 Å². The Kier molecular flexibility index (Phi) is 7.37. The Bertz CT molecular complexity index is 1100. The molecule has 2 aromatic rings. The lowest BCUT2D eigenvalue weighted by Gasteiger charge is -2.23. The van der Waals surface area contributed by atoms with Crippen molar-refractivity contribution in [3.05, 3.63) is 95.4 Å². The fourth-order valence-electron chi connectivity index (χ4n) is 4.57. The molecule has 0 N–H and O–H groups in total. The molecule has 0 fully saturated rings. The number of allylic oxidation sites excluding steroid dienone is 8. The lowest BCUT2D eigenvalue weighted by Crippen LogP contribution is -2.23. The van der Waals surface area contributed by atoms with Crippen LogP contribution in [0.4, 0.5) is 13.2 Å². The van der Waals surface area contributed by atoms with Gasteiger partial charge in [-0.25, -0.2) is 13.2 Å². The van der Waals surface area contributed by atoms with E-state index in [-0.39, 0.29) is 5.82 Å². The van der Waals surface area contributed by atoms with Gasteiger partial charge in [-0.3, -0.25) is 0 Å². The summed E-state index contributed by atoms with van der Waals surface area (Å²) in [6, 6.07) is 12.6. The molecule has 0 bridgehead atoms. The number of benzene rings is 2. The highest BCUT2D eigenvalue weighted by Crippen LogP contribution is 2.36. The molecule has 3 heteroatoms. The highest BCUT2D eigenvalue weighted by molar-refractivity contribution is 5.76. The molecule has 2 aliphatic carbocycles. The Balaban J connectivity index is 1.53. The first-order valence-corrected chi connectivity index (χ1v) is 11.9. The van der Waals surface area contributed by atoms with Crippen LogP contribution in [0.15, 0.2) is 78.4 Å². The molecular formula is C30H31F3. The molecule has 2 aliphatic rings. The second-order valence-corrected chi connectivity index (χ2v) is 9.13. The van der Waals surface area contributed by atoms with Crippen LogP contribution in [-0.2, 0) is 0 Å². The SMILES string of the molecule is CC/C=C\CC1=CC=C(c2ccc(-c3ccc(C4=CCC(C)CC4)c(F)c3)cc2)C(F)C1F. The molecule has 3 unspecified atom stereocenters. The third-order valence-corrected chi connectivity index (χ3v) is 6.68. The van der Waals surface area contributed by atoms with Crippen LogP contribution in [0.1, 0.15) is 57.1 Å². The Hall–Kier alpha value is -2.81. The minimum atomic E-state index is -1.69. The molecule has 0 aromatic heterocycles. The fourth-order valence-corrected chi connectivity index (χ4v) is 4.57. The highest BCUT2D eigenvalue weighted by Gasteiger charge is 2.30. The van der Waals surface area contributed by atoms with Gasteiger partial charge in [-0.15, -0.1) is 0 Å². The largest absolute Gasteiger partial charge is 0.239 e. The van der Waals surface area contributed by atoms with Crippen molar-refractivity contribution in [2.75, 3.05) is 0 Å². The molecule has 33 heavy (non-hydrogen) atoms. The predicted molar refractivity (Wildman–Crippen MR) is 133 cm³/mol. The third-order valence-electron chi connectivity index (χ3n) is 6.68. The molecule has 0 amide bonds. The molecule has 4 rings (SSSR count). The van der Waals surface area contributed by atoms with Crippen LogP contribution in [0, 0.1) is 11.7 Å². The van der Waals surface area contributed by atoms with Crippen LogP contribution >= 0.6 is 0 Å². The predicted octanol–water partition coefficient (Wildman–Crippen LogP) is 9.05. The number of halogens is 3. The van der Waals surface area contributed by atoms with E-state index in [1.54, 1.807) is 30.4 Å². The van der Waals surface area contributed by atoms with Crippen LogP contribution in [0.3, 0.4) is 0 Å². The molecule has 0 spiro atoms. The van der Waals surface area contributed by atoms with E-state index in [2.05, 4.69) is 13.0 Å². The Morgan fingerprint density at radius 2 is 1.64 bits per heavy atom. The molecule has 0 nitrogen and oxygen atoms in total. The summed E-state index contributed by atoms with van der Waals surface area (Å²) in [5, 5.41) is 0. The topological polar surface area (TPSA) is 0 Å². The molecule has 3 atom stereocenters. The second-order valence-electron chi connectivity index (χ2n) is 9.13. The van der Waals surface area contributed by atoms with Crippen molar-refractivity contribution in [1.82, 2.24) is 0 Å². The molecule has 0 heterocycles. The van der Waals surface area contributed by atoms with Gasteiger partial charge in [-0.05, 0) is 77.5 Å². The molecule has 0 saturated carbocycles. The van der Waals surface area contributed by atoms with E-state index in [9.17, 15) is 13.2 Å². The Labute approximate surface area is 195 Å². The zero-order valence-electron chi connectivity index (χ0n) is 19.3. The molecule has 0 saturated heterocycles. The van der Waals surface area contributed by atoms with Gasteiger partial charge in [0.1, 0.15) is 5.82 Å². The maximum absolute atomic E-state index is 14.9. The van der Waals surface area contributed by atoms with Gasteiger partial charge in [0.25, 0.3) is 0 Å². The smallest absolute Gasteiger partial charge is 0.161 e. The van der Waals surface area contributed by atoms with Crippen LogP contribution in [0.25, 0.3) is 22.3 Å². The average Bonchev–Trinajstić information content (AvgIpc) is 2.83. The average molecular weight is 449 g/mol. The van der Waals surface area contributed by atoms with Crippen molar-refractivity contribution >= 4 is 11.1 Å². The molecular weight excluding hydrogens is 417 g/mol. The van der Waals surface area contributed by atoms with Crippen LogP contribution in [0.2, 0.25) is 0 Å². The van der Waals surface area contributed by atoms with Crippen LogP contribution in [-0.4, -0.2) is 12.3 Å². The molecule has 172 valence electrons. The van der Waals surface area contributed by atoms with E-state index in [1.165, 1.54) is 0 Å². The van der Waals surface area contributed by atoms with Gasteiger partial charge >= 0.3 is 0 Å². The summed E-state index contributed by atoms with van der Waals surface area (Å²) in [6.07, 6.45) is 10.3. The number of hydrogen-bond acceptors (Lipinski definition) is 0. The summed E-state index contributed by atoms with van der Waals surface area (Å²) in [6.45, 7) is 4.23. The summed E-state index contributed by atoms with van der Waals surface area (Å²) >= 11 is 0. The summed E-state index contributed by atoms with van der Waals surface area (Å²) in [5.74, 6) is 0.441. The Morgan fingerprint density at radius 1 is 0.909 bits per heavy atom. The lowest BCUT2D eigenvalue weighted by atomic mass is 9.86.